The first-order valence-corrected chi connectivity index (χ1v) is 11.0. The van der Waals surface area contributed by atoms with E-state index in [9.17, 15) is 4.91 Å². The molecule has 0 aliphatic carbocycles. The maximum absolute atomic E-state index is 11.3. The highest BCUT2D eigenvalue weighted by Crippen LogP contribution is 2.29. The molecule has 0 aliphatic heterocycles. The van der Waals surface area contributed by atoms with Gasteiger partial charge in [0.05, 0.1) is 17.1 Å². The third kappa shape index (κ3) is 4.92. The van der Waals surface area contributed by atoms with E-state index >= 15 is 0 Å². The number of nitrogens with two attached hydrogens (primary N) is 1. The molecular formula is C23H33N5O. The van der Waals surface area contributed by atoms with Gasteiger partial charge in [0.25, 0.3) is 0 Å². The number of imidazole rings is 1. The maximum Gasteiger partial charge on any atom is 0.152 e. The Morgan fingerprint density at radius 2 is 1.83 bits per heavy atom. The zero-order valence-corrected chi connectivity index (χ0v) is 17.7. The Morgan fingerprint density at radius 3 is 2.59 bits per heavy atom. The first-order chi connectivity index (χ1) is 14.2. The van der Waals surface area contributed by atoms with Crippen LogP contribution >= 0.6 is 0 Å². The van der Waals surface area contributed by atoms with Crippen LogP contribution in [0.2, 0.25) is 0 Å². The van der Waals surface area contributed by atoms with Gasteiger partial charge in [-0.25, -0.2) is 9.97 Å². The minimum Gasteiger partial charge on any atom is -0.382 e. The summed E-state index contributed by atoms with van der Waals surface area (Å²) < 4.78 is 2.29. The number of aromatic nitrogens is 3. The van der Waals surface area contributed by atoms with Crippen LogP contribution < -0.4 is 5.73 Å². The molecule has 0 bridgehead atoms. The summed E-state index contributed by atoms with van der Waals surface area (Å²) in [6.45, 7) is 5.18. The van der Waals surface area contributed by atoms with E-state index in [0.717, 1.165) is 72.8 Å². The minimum atomic E-state index is -0.0836. The van der Waals surface area contributed by atoms with Crippen molar-refractivity contribution in [2.24, 2.45) is 5.18 Å². The summed E-state index contributed by atoms with van der Waals surface area (Å²) in [5, 5.41) is 4.46. The molecule has 2 aromatic heterocycles. The topological polar surface area (TPSA) is 86.2 Å². The first-order valence-electron chi connectivity index (χ1n) is 11.0. The number of fused-ring (bicyclic) bond motifs is 3. The van der Waals surface area contributed by atoms with E-state index in [2.05, 4.69) is 34.6 Å². The Balaban J connectivity index is 1.82. The maximum atomic E-state index is 11.3. The molecule has 0 amide bonds. The number of nitroso groups, excluding NO2 is 1. The molecule has 6 nitrogen and oxygen atoms in total. The molecular weight excluding hydrogens is 362 g/mol. The number of aryl methyl sites for hydroxylation is 2. The number of benzene rings is 1. The number of para-hydroxylation sites is 1. The van der Waals surface area contributed by atoms with Crippen LogP contribution in [0.4, 0.5) is 5.82 Å². The average Bonchev–Trinajstić information content (AvgIpc) is 3.09. The minimum absolute atomic E-state index is 0.0836. The van der Waals surface area contributed by atoms with E-state index in [1.807, 2.05) is 18.2 Å². The number of hydrogen-bond donors (Lipinski definition) is 1. The normalized spacial score (nSPS) is 12.6. The van der Waals surface area contributed by atoms with Crippen LogP contribution in [-0.2, 0) is 13.0 Å². The van der Waals surface area contributed by atoms with E-state index in [1.165, 1.54) is 19.3 Å². The second kappa shape index (κ2) is 10.3. The van der Waals surface area contributed by atoms with Gasteiger partial charge in [-0.15, -0.1) is 0 Å². The van der Waals surface area contributed by atoms with E-state index in [4.69, 9.17) is 10.7 Å². The fourth-order valence-electron chi connectivity index (χ4n) is 4.10. The number of nitrogen functional groups attached to an aromatic ring is 1. The largest absolute Gasteiger partial charge is 0.382 e. The van der Waals surface area contributed by atoms with Crippen molar-refractivity contribution >= 4 is 27.8 Å². The Labute approximate surface area is 172 Å². The predicted molar refractivity (Wildman–Crippen MR) is 121 cm³/mol. The third-order valence-electron chi connectivity index (χ3n) is 5.62. The van der Waals surface area contributed by atoms with Crippen LogP contribution in [-0.4, -0.2) is 20.6 Å². The fraction of sp³-hybridized carbons (Fsp3) is 0.565. The highest BCUT2D eigenvalue weighted by Gasteiger charge is 2.17. The number of anilines is 1. The van der Waals surface area contributed by atoms with Crippen molar-refractivity contribution in [1.82, 2.24) is 14.5 Å². The molecule has 0 aliphatic rings. The van der Waals surface area contributed by atoms with Gasteiger partial charge in [0.2, 0.25) is 0 Å². The van der Waals surface area contributed by atoms with E-state index in [-0.39, 0.29) is 6.04 Å². The molecule has 0 fully saturated rings. The van der Waals surface area contributed by atoms with Gasteiger partial charge in [0, 0.05) is 18.4 Å². The van der Waals surface area contributed by atoms with E-state index in [0.29, 0.717) is 5.82 Å². The molecule has 0 spiro atoms. The average molecular weight is 396 g/mol. The number of hydrogen-bond acceptors (Lipinski definition) is 5. The van der Waals surface area contributed by atoms with Crippen molar-refractivity contribution in [1.29, 1.82) is 0 Å². The SMILES string of the molecule is CCCCCCC(CCCn1c(CCC)nc2c(N)nc3ccccc3c21)N=O. The smallest absolute Gasteiger partial charge is 0.152 e. The lowest BCUT2D eigenvalue weighted by Gasteiger charge is -2.13. The van der Waals surface area contributed by atoms with Crippen LogP contribution in [0.15, 0.2) is 29.4 Å². The van der Waals surface area contributed by atoms with Gasteiger partial charge >= 0.3 is 0 Å². The van der Waals surface area contributed by atoms with Crippen molar-refractivity contribution in [2.45, 2.75) is 84.2 Å². The summed E-state index contributed by atoms with van der Waals surface area (Å²) in [7, 11) is 0. The predicted octanol–water partition coefficient (Wildman–Crippen LogP) is 6.00. The Hall–Kier alpha value is -2.50. The highest BCUT2D eigenvalue weighted by molar-refractivity contribution is 6.06. The van der Waals surface area contributed by atoms with Crippen molar-refractivity contribution < 1.29 is 0 Å². The molecule has 29 heavy (non-hydrogen) atoms. The van der Waals surface area contributed by atoms with Crippen molar-refractivity contribution in [3.8, 4) is 0 Å². The zero-order valence-electron chi connectivity index (χ0n) is 17.7. The van der Waals surface area contributed by atoms with Gasteiger partial charge in [-0.3, -0.25) is 0 Å². The van der Waals surface area contributed by atoms with E-state index in [1.54, 1.807) is 0 Å². The van der Waals surface area contributed by atoms with Crippen LogP contribution in [0.5, 0.6) is 0 Å². The molecule has 156 valence electrons. The van der Waals surface area contributed by atoms with Gasteiger partial charge in [0.15, 0.2) is 5.82 Å². The fourth-order valence-corrected chi connectivity index (χ4v) is 4.10. The standard InChI is InChI=1S/C23H33N5O/c1-3-5-6-7-12-17(27-29)13-10-16-28-20(11-4-2)26-21-22(28)18-14-8-9-15-19(18)25-23(21)24/h8-9,14-15,17H,3-7,10-13,16H2,1-2H3,(H2,24,25). The van der Waals surface area contributed by atoms with Gasteiger partial charge in [0.1, 0.15) is 11.3 Å². The molecule has 6 heteroatoms. The van der Waals surface area contributed by atoms with Crippen LogP contribution in [0.1, 0.15) is 71.0 Å². The molecule has 0 saturated heterocycles. The molecule has 0 radical (unpaired) electrons. The monoisotopic (exact) mass is 395 g/mol. The highest BCUT2D eigenvalue weighted by atomic mass is 16.3. The van der Waals surface area contributed by atoms with Crippen molar-refractivity contribution in [3.63, 3.8) is 0 Å². The summed E-state index contributed by atoms with van der Waals surface area (Å²) in [6, 6.07) is 8.00. The number of nitrogens with zero attached hydrogens (tertiary/aromatic N) is 4. The molecule has 0 saturated carbocycles. The summed E-state index contributed by atoms with van der Waals surface area (Å²) in [5.74, 6) is 1.53. The molecule has 1 aromatic carbocycles. The first kappa shape index (κ1) is 21.2. The second-order valence-corrected chi connectivity index (χ2v) is 7.89. The number of unbranched alkanes of at least 4 members (excludes halogenated alkanes) is 3. The summed E-state index contributed by atoms with van der Waals surface area (Å²) >= 11 is 0. The third-order valence-corrected chi connectivity index (χ3v) is 5.62. The van der Waals surface area contributed by atoms with Gasteiger partial charge in [-0.2, -0.15) is 4.91 Å². The van der Waals surface area contributed by atoms with Crippen LogP contribution in [0, 0.1) is 4.91 Å². The molecule has 2 N–H and O–H groups in total. The Bertz CT molecular complexity index is 949. The summed E-state index contributed by atoms with van der Waals surface area (Å²) in [5.41, 5.74) is 8.98. The van der Waals surface area contributed by atoms with Crippen LogP contribution in [0.25, 0.3) is 21.9 Å². The lowest BCUT2D eigenvalue weighted by molar-refractivity contribution is 0.483. The zero-order chi connectivity index (χ0) is 20.6. The Kier molecular flexibility index (Phi) is 7.55. The number of rotatable bonds is 12. The van der Waals surface area contributed by atoms with Gasteiger partial charge in [-0.1, -0.05) is 62.9 Å². The molecule has 3 rings (SSSR count). The van der Waals surface area contributed by atoms with Crippen molar-refractivity contribution in [3.05, 3.63) is 35.0 Å². The quantitative estimate of drug-likeness (QED) is 0.301. The molecule has 1 unspecified atom stereocenters. The van der Waals surface area contributed by atoms with Gasteiger partial charge < -0.3 is 10.3 Å². The van der Waals surface area contributed by atoms with Crippen LogP contribution in [0.3, 0.4) is 0 Å². The molecule has 3 aromatic rings. The number of pyridine rings is 1. The van der Waals surface area contributed by atoms with Gasteiger partial charge in [-0.05, 0) is 31.7 Å². The summed E-state index contributed by atoms with van der Waals surface area (Å²) in [6.07, 6.45) is 9.26. The molecule has 1 atom stereocenters. The lowest BCUT2D eigenvalue weighted by Crippen LogP contribution is -2.09. The Morgan fingerprint density at radius 1 is 1.03 bits per heavy atom. The second-order valence-electron chi connectivity index (χ2n) is 7.89. The van der Waals surface area contributed by atoms with Crippen molar-refractivity contribution in [2.75, 3.05) is 5.73 Å². The summed E-state index contributed by atoms with van der Waals surface area (Å²) in [4.78, 5) is 20.6. The molecule has 2 heterocycles. The lowest BCUT2D eigenvalue weighted by atomic mass is 10.0. The van der Waals surface area contributed by atoms with E-state index < -0.39 is 0 Å².